The van der Waals surface area contributed by atoms with Crippen molar-refractivity contribution in [2.24, 2.45) is 0 Å². The summed E-state index contributed by atoms with van der Waals surface area (Å²) in [6, 6.07) is 47.9. The average molecular weight is 697 g/mol. The number of fused-ring (bicyclic) bond motifs is 6. The van der Waals surface area contributed by atoms with Gasteiger partial charge in [-0.3, -0.25) is 10.1 Å². The summed E-state index contributed by atoms with van der Waals surface area (Å²) >= 11 is 0. The summed E-state index contributed by atoms with van der Waals surface area (Å²) in [6.07, 6.45) is 12.4. The number of para-hydroxylation sites is 2. The van der Waals surface area contributed by atoms with Gasteiger partial charge in [0, 0.05) is 24.4 Å². The predicted molar refractivity (Wildman–Crippen MR) is 217 cm³/mol. The van der Waals surface area contributed by atoms with Gasteiger partial charge in [0.1, 0.15) is 11.4 Å². The van der Waals surface area contributed by atoms with Crippen molar-refractivity contribution in [2.75, 3.05) is 9.80 Å². The van der Waals surface area contributed by atoms with E-state index in [1.54, 1.807) is 0 Å². The van der Waals surface area contributed by atoms with Crippen molar-refractivity contribution in [1.29, 1.82) is 0 Å². The van der Waals surface area contributed by atoms with E-state index < -0.39 is 0 Å². The number of allylic oxidation sites excluding steroid dienone is 3. The first-order valence-electron chi connectivity index (χ1n) is 18.8. The smallest absolute Gasteiger partial charge is 0.304 e. The second-order valence-electron chi connectivity index (χ2n) is 14.3. The van der Waals surface area contributed by atoms with Crippen molar-refractivity contribution in [2.45, 2.75) is 32.2 Å². The standard InChI is InChI=1S/C48H36N6/c1-3-17-36-32(12-1)14-9-16-35(36)31-52-48(50-47(51-52)41-20-10-15-33-13-2-4-18-37(33)41)54-45-23-7-5-21-43(45)53(44-22-6-8-24-46(44)54)42-25-11-19-39-38-28-29-49-30-34(38)26-27-40(39)42/h1-7,9-23,25,28-30H,8,24,26-27,31H2. The van der Waals surface area contributed by atoms with Crippen LogP contribution in [0, 0.1) is 0 Å². The lowest BCUT2D eigenvalue weighted by Crippen LogP contribution is -2.45. The number of nitrogens with zero attached hydrogens (tertiary/aromatic N) is 6. The van der Waals surface area contributed by atoms with Gasteiger partial charge in [0.25, 0.3) is 0 Å². The number of hydrogen-bond donors (Lipinski definition) is 0. The Kier molecular flexibility index (Phi) is 7.08. The topological polar surface area (TPSA) is 50.2 Å². The lowest BCUT2D eigenvalue weighted by molar-refractivity contribution is -0.735. The minimum Gasteiger partial charge on any atom is -0.304 e. The molecule has 0 radical (unpaired) electrons. The fraction of sp³-hybridized carbons (Fsp3) is 0.104. The van der Waals surface area contributed by atoms with Crippen molar-refractivity contribution in [3.05, 3.63) is 186 Å². The van der Waals surface area contributed by atoms with Crippen LogP contribution in [0.15, 0.2) is 169 Å². The molecule has 2 aromatic heterocycles. The third kappa shape index (κ3) is 4.83. The Bertz CT molecular complexity index is 2830. The van der Waals surface area contributed by atoms with Crippen LogP contribution in [0.2, 0.25) is 0 Å². The average Bonchev–Trinajstić information content (AvgIpc) is 3.65. The van der Waals surface area contributed by atoms with Gasteiger partial charge in [0.15, 0.2) is 5.82 Å². The van der Waals surface area contributed by atoms with E-state index in [0.717, 1.165) is 59.8 Å². The first-order chi connectivity index (χ1) is 26.8. The first kappa shape index (κ1) is 30.8. The number of rotatable bonds is 5. The van der Waals surface area contributed by atoms with E-state index in [2.05, 4.69) is 165 Å². The van der Waals surface area contributed by atoms with Crippen molar-refractivity contribution >= 4 is 44.6 Å². The predicted octanol–water partition coefficient (Wildman–Crippen LogP) is 10.4. The Morgan fingerprint density at radius 3 is 2.20 bits per heavy atom. The minimum atomic E-state index is 0.579. The maximum atomic E-state index is 5.51. The fourth-order valence-electron chi connectivity index (χ4n) is 8.85. The van der Waals surface area contributed by atoms with Crippen molar-refractivity contribution in [3.8, 4) is 22.5 Å². The van der Waals surface area contributed by atoms with E-state index in [-0.39, 0.29) is 0 Å². The van der Waals surface area contributed by atoms with E-state index in [4.69, 9.17) is 10.1 Å². The first-order valence-corrected chi connectivity index (χ1v) is 18.8. The zero-order chi connectivity index (χ0) is 35.6. The Morgan fingerprint density at radius 1 is 0.611 bits per heavy atom. The highest BCUT2D eigenvalue weighted by Crippen LogP contribution is 2.51. The van der Waals surface area contributed by atoms with Crippen LogP contribution in [-0.4, -0.2) is 9.97 Å². The van der Waals surface area contributed by atoms with Gasteiger partial charge < -0.3 is 4.90 Å². The van der Waals surface area contributed by atoms with Crippen LogP contribution >= 0.6 is 0 Å². The lowest BCUT2D eigenvalue weighted by Gasteiger charge is -2.39. The van der Waals surface area contributed by atoms with Crippen LogP contribution in [0.1, 0.15) is 29.5 Å². The third-order valence-corrected chi connectivity index (χ3v) is 11.3. The molecule has 6 heteroatoms. The van der Waals surface area contributed by atoms with Gasteiger partial charge in [0.05, 0.1) is 23.6 Å². The molecule has 0 spiro atoms. The molecule has 0 bridgehead atoms. The second kappa shape index (κ2) is 12.4. The summed E-state index contributed by atoms with van der Waals surface area (Å²) in [7, 11) is 0. The van der Waals surface area contributed by atoms with Crippen molar-refractivity contribution in [3.63, 3.8) is 0 Å². The largest absolute Gasteiger partial charge is 0.406 e. The molecular formula is C48H36N6. The molecule has 6 nitrogen and oxygen atoms in total. The van der Waals surface area contributed by atoms with Crippen molar-refractivity contribution < 1.29 is 4.68 Å². The fourth-order valence-corrected chi connectivity index (χ4v) is 8.85. The highest BCUT2D eigenvalue weighted by molar-refractivity contribution is 5.96. The molecule has 8 aromatic rings. The van der Waals surface area contributed by atoms with Gasteiger partial charge in [-0.05, 0) is 99.0 Å². The summed E-state index contributed by atoms with van der Waals surface area (Å²) in [4.78, 5) is 14.8. The molecule has 0 fully saturated rings. The van der Waals surface area contributed by atoms with E-state index in [1.165, 1.54) is 61.1 Å². The molecule has 0 saturated carbocycles. The molecule has 0 amide bonds. The number of hydrogen-bond acceptors (Lipinski definition) is 4. The molecule has 0 unspecified atom stereocenters. The monoisotopic (exact) mass is 696 g/mol. The normalized spacial score (nSPS) is 14.6. The summed E-state index contributed by atoms with van der Waals surface area (Å²) in [6.45, 7) is 0.579. The molecule has 3 heterocycles. The summed E-state index contributed by atoms with van der Waals surface area (Å²) in [5.41, 5.74) is 13.4. The third-order valence-electron chi connectivity index (χ3n) is 11.3. The SMILES string of the molecule is C1=CC2=C(CC1)N(c1nc(-c3cccc4ccccc34)[n-][n+]1Cc1cccc3ccccc13)c1ccccc1N2c1cccc2c1CCc1cnccc1-2. The molecule has 6 aromatic carbocycles. The Labute approximate surface area is 314 Å². The molecule has 0 saturated heterocycles. The minimum absolute atomic E-state index is 0.579. The van der Waals surface area contributed by atoms with Crippen LogP contribution in [-0.2, 0) is 19.4 Å². The molecule has 2 aliphatic carbocycles. The van der Waals surface area contributed by atoms with Crippen LogP contribution in [0.5, 0.6) is 0 Å². The van der Waals surface area contributed by atoms with Crippen LogP contribution in [0.25, 0.3) is 44.1 Å². The van der Waals surface area contributed by atoms with Crippen molar-refractivity contribution in [1.82, 2.24) is 15.1 Å². The number of pyridine rings is 1. The lowest BCUT2D eigenvalue weighted by atomic mass is 9.85. The van der Waals surface area contributed by atoms with E-state index in [1.807, 2.05) is 12.4 Å². The molecule has 258 valence electrons. The molecule has 54 heavy (non-hydrogen) atoms. The van der Waals surface area contributed by atoms with Gasteiger partial charge in [-0.15, -0.1) is 0 Å². The number of anilines is 4. The number of benzene rings is 6. The van der Waals surface area contributed by atoms with E-state index >= 15 is 0 Å². The van der Waals surface area contributed by atoms with Gasteiger partial charge in [-0.25, -0.2) is 4.68 Å². The Morgan fingerprint density at radius 2 is 1.31 bits per heavy atom. The van der Waals surface area contributed by atoms with Gasteiger partial charge in [0.2, 0.25) is 0 Å². The Hall–Kier alpha value is -6.79. The van der Waals surface area contributed by atoms with Crippen LogP contribution < -0.4 is 19.6 Å². The quantitative estimate of drug-likeness (QED) is 0.168. The van der Waals surface area contributed by atoms with E-state index in [9.17, 15) is 0 Å². The number of aryl methyl sites for hydroxylation is 1. The highest BCUT2D eigenvalue weighted by Gasteiger charge is 2.41. The molecule has 3 aliphatic rings. The zero-order valence-electron chi connectivity index (χ0n) is 29.7. The Balaban J connectivity index is 1.13. The van der Waals surface area contributed by atoms with Gasteiger partial charge >= 0.3 is 5.95 Å². The molecule has 0 N–H and O–H groups in total. The summed E-state index contributed by atoms with van der Waals surface area (Å²) < 4.78 is 2.13. The van der Waals surface area contributed by atoms with Gasteiger partial charge in [-0.2, -0.15) is 4.90 Å². The number of aromatic nitrogens is 4. The molecule has 1 aliphatic heterocycles. The van der Waals surface area contributed by atoms with E-state index in [0.29, 0.717) is 6.54 Å². The van der Waals surface area contributed by atoms with Gasteiger partial charge in [-0.1, -0.05) is 120 Å². The maximum Gasteiger partial charge on any atom is 0.406 e. The highest BCUT2D eigenvalue weighted by atomic mass is 15.5. The van der Waals surface area contributed by atoms with Crippen LogP contribution in [0.4, 0.5) is 23.0 Å². The molecular weight excluding hydrogens is 661 g/mol. The molecule has 11 rings (SSSR count). The summed E-state index contributed by atoms with van der Waals surface area (Å²) in [5.74, 6) is 1.54. The van der Waals surface area contributed by atoms with Crippen LogP contribution in [0.3, 0.4) is 0 Å². The summed E-state index contributed by atoms with van der Waals surface area (Å²) in [5, 5.41) is 10.1. The maximum absolute atomic E-state index is 5.51. The second-order valence-corrected chi connectivity index (χ2v) is 14.3. The molecule has 0 atom stereocenters. The zero-order valence-corrected chi connectivity index (χ0v) is 29.7.